The number of fused-ring (bicyclic) bond motifs is 1. The first-order valence-corrected chi connectivity index (χ1v) is 13.2. The zero-order valence-electron chi connectivity index (χ0n) is 20.5. The molecule has 2 aromatic rings. The molecule has 2 unspecified atom stereocenters. The second-order valence-corrected chi connectivity index (χ2v) is 10.9. The summed E-state index contributed by atoms with van der Waals surface area (Å²) in [5.41, 5.74) is 3.47. The minimum absolute atomic E-state index is 0.0155. The molecular weight excluding hydrogens is 456 g/mol. The van der Waals surface area contributed by atoms with Gasteiger partial charge in [0, 0.05) is 5.92 Å². The van der Waals surface area contributed by atoms with Crippen molar-refractivity contribution >= 4 is 16.1 Å². The molecule has 2 atom stereocenters. The molecule has 0 heterocycles. The van der Waals surface area contributed by atoms with Crippen LogP contribution in [-0.4, -0.2) is 41.5 Å². The number of carbonyl (C=O) groups excluding carboxylic acids is 1. The Morgan fingerprint density at radius 3 is 2.44 bits per heavy atom. The molecule has 186 valence electrons. The van der Waals surface area contributed by atoms with E-state index in [4.69, 9.17) is 18.4 Å². The van der Waals surface area contributed by atoms with Crippen LogP contribution < -0.4 is 4.74 Å². The fourth-order valence-electron chi connectivity index (χ4n) is 4.56. The van der Waals surface area contributed by atoms with Gasteiger partial charge in [-0.25, -0.2) is 0 Å². The van der Waals surface area contributed by atoms with Gasteiger partial charge in [0.2, 0.25) is 0 Å². The molecule has 0 saturated heterocycles. The van der Waals surface area contributed by atoms with Gasteiger partial charge in [-0.15, -0.1) is 0 Å². The van der Waals surface area contributed by atoms with E-state index in [2.05, 4.69) is 12.1 Å². The maximum absolute atomic E-state index is 12.6. The van der Waals surface area contributed by atoms with E-state index in [9.17, 15) is 13.2 Å². The Bertz CT molecular complexity index is 1090. The molecule has 3 rings (SSSR count). The average molecular weight is 491 g/mol. The molecule has 0 fully saturated rings. The van der Waals surface area contributed by atoms with Crippen LogP contribution in [-0.2, 0) is 41.6 Å². The average Bonchev–Trinajstić information content (AvgIpc) is 3.21. The highest BCUT2D eigenvalue weighted by Gasteiger charge is 2.39. The molecule has 0 radical (unpaired) electrons. The minimum atomic E-state index is -3.57. The highest BCUT2D eigenvalue weighted by molar-refractivity contribution is 7.85. The zero-order valence-corrected chi connectivity index (χ0v) is 21.3. The van der Waals surface area contributed by atoms with Gasteiger partial charge in [0.25, 0.3) is 10.1 Å². The van der Waals surface area contributed by atoms with E-state index in [0.717, 1.165) is 41.5 Å². The Hall–Kier alpha value is -2.42. The summed E-state index contributed by atoms with van der Waals surface area (Å²) >= 11 is 0. The zero-order chi connectivity index (χ0) is 24.9. The molecule has 0 bridgehead atoms. The number of rotatable bonds is 11. The van der Waals surface area contributed by atoms with Crippen LogP contribution in [0.4, 0.5) is 0 Å². The summed E-state index contributed by atoms with van der Waals surface area (Å²) in [6.45, 7) is 4.10. The van der Waals surface area contributed by atoms with Crippen LogP contribution in [0.2, 0.25) is 0 Å². The maximum Gasteiger partial charge on any atom is 0.311 e. The third-order valence-corrected chi connectivity index (χ3v) is 7.09. The lowest BCUT2D eigenvalue weighted by Crippen LogP contribution is -2.33. The van der Waals surface area contributed by atoms with Crippen molar-refractivity contribution < 1.29 is 31.6 Å². The topological polar surface area (TPSA) is 88.1 Å². The summed E-state index contributed by atoms with van der Waals surface area (Å²) in [5, 5.41) is 0. The molecule has 0 spiro atoms. The van der Waals surface area contributed by atoms with Gasteiger partial charge in [-0.3, -0.25) is 8.98 Å². The number of carbonyl (C=O) groups is 1. The van der Waals surface area contributed by atoms with Crippen molar-refractivity contribution in [1.82, 2.24) is 0 Å². The number of hydrogen-bond acceptors (Lipinski definition) is 7. The first-order chi connectivity index (χ1) is 16.0. The lowest BCUT2D eigenvalue weighted by molar-refractivity contribution is -0.152. The van der Waals surface area contributed by atoms with Crippen molar-refractivity contribution in [1.29, 1.82) is 0 Å². The number of methoxy groups -OCH3 is 2. The fourth-order valence-corrected chi connectivity index (χ4v) is 4.96. The molecule has 0 amide bonds. The van der Waals surface area contributed by atoms with Crippen molar-refractivity contribution in [3.8, 4) is 5.75 Å². The number of hydrogen-bond donors (Lipinski definition) is 0. The highest BCUT2D eigenvalue weighted by atomic mass is 32.2. The van der Waals surface area contributed by atoms with Crippen LogP contribution >= 0.6 is 0 Å². The van der Waals surface area contributed by atoms with Gasteiger partial charge in [-0.1, -0.05) is 30.3 Å². The predicted octanol–water partition coefficient (Wildman–Crippen LogP) is 4.55. The Labute approximate surface area is 202 Å². The molecule has 7 nitrogen and oxygen atoms in total. The van der Waals surface area contributed by atoms with E-state index >= 15 is 0 Å². The lowest BCUT2D eigenvalue weighted by atomic mass is 9.73. The van der Waals surface area contributed by atoms with Gasteiger partial charge >= 0.3 is 5.97 Å². The standard InChI is InChI=1S/C26H34O7S/c1-26(2,25(27)31-4)23(14-15-33-34(5,28)29)20-9-8-19-10-13-24(22(19)16-20)32-17-18-6-11-21(30-3)12-7-18/h6-9,11-12,16,23-24H,10,13-15,17H2,1-5H3. The Kier molecular flexibility index (Phi) is 8.38. The molecule has 1 aliphatic rings. The molecule has 0 aliphatic heterocycles. The van der Waals surface area contributed by atoms with Crippen LogP contribution in [0.25, 0.3) is 0 Å². The summed E-state index contributed by atoms with van der Waals surface area (Å²) in [7, 11) is -0.573. The maximum atomic E-state index is 12.6. The number of ether oxygens (including phenoxy) is 3. The van der Waals surface area contributed by atoms with E-state index in [-0.39, 0.29) is 24.6 Å². The Morgan fingerprint density at radius 1 is 1.12 bits per heavy atom. The molecule has 34 heavy (non-hydrogen) atoms. The van der Waals surface area contributed by atoms with Gasteiger partial charge in [-0.05, 0) is 67.5 Å². The molecule has 2 aromatic carbocycles. The van der Waals surface area contributed by atoms with Gasteiger partial charge in [0.1, 0.15) is 5.75 Å². The van der Waals surface area contributed by atoms with Gasteiger partial charge in [0.15, 0.2) is 0 Å². The van der Waals surface area contributed by atoms with Crippen molar-refractivity contribution in [3.05, 3.63) is 64.7 Å². The second-order valence-electron chi connectivity index (χ2n) is 9.23. The third kappa shape index (κ3) is 6.37. The van der Waals surface area contributed by atoms with Crippen LogP contribution in [0.1, 0.15) is 61.0 Å². The number of aryl methyl sites for hydroxylation is 1. The quantitative estimate of drug-likeness (QED) is 0.337. The number of benzene rings is 2. The lowest BCUT2D eigenvalue weighted by Gasteiger charge is -2.32. The minimum Gasteiger partial charge on any atom is -0.497 e. The molecular formula is C26H34O7S. The van der Waals surface area contributed by atoms with E-state index < -0.39 is 15.5 Å². The normalized spacial score (nSPS) is 16.7. The van der Waals surface area contributed by atoms with E-state index in [1.807, 2.05) is 44.2 Å². The van der Waals surface area contributed by atoms with Crippen molar-refractivity contribution in [2.45, 2.75) is 51.7 Å². The summed E-state index contributed by atoms with van der Waals surface area (Å²) < 4.78 is 44.5. The summed E-state index contributed by atoms with van der Waals surface area (Å²) in [6, 6.07) is 14.0. The van der Waals surface area contributed by atoms with Crippen LogP contribution in [0.5, 0.6) is 5.75 Å². The third-order valence-electron chi connectivity index (χ3n) is 6.49. The monoisotopic (exact) mass is 490 g/mol. The SMILES string of the molecule is COC(=O)C(C)(C)C(CCOS(C)(=O)=O)c1ccc2c(c1)C(OCc1ccc(OC)cc1)CC2. The summed E-state index contributed by atoms with van der Waals surface area (Å²) in [5.74, 6) is 0.151. The molecule has 1 aliphatic carbocycles. The van der Waals surface area contributed by atoms with Crippen molar-refractivity contribution in [2.75, 3.05) is 27.1 Å². The van der Waals surface area contributed by atoms with Gasteiger partial charge in [-0.2, -0.15) is 8.42 Å². The van der Waals surface area contributed by atoms with Crippen molar-refractivity contribution in [3.63, 3.8) is 0 Å². The highest BCUT2D eigenvalue weighted by Crippen LogP contribution is 2.43. The molecule has 8 heteroatoms. The van der Waals surface area contributed by atoms with Crippen LogP contribution in [0.15, 0.2) is 42.5 Å². The first kappa shape index (κ1) is 26.2. The van der Waals surface area contributed by atoms with E-state index in [0.29, 0.717) is 13.0 Å². The fraction of sp³-hybridized carbons (Fsp3) is 0.500. The molecule has 0 N–H and O–H groups in total. The Balaban J connectivity index is 1.82. The van der Waals surface area contributed by atoms with E-state index in [1.54, 1.807) is 7.11 Å². The van der Waals surface area contributed by atoms with Crippen LogP contribution in [0, 0.1) is 5.41 Å². The summed E-state index contributed by atoms with van der Waals surface area (Å²) in [4.78, 5) is 12.6. The predicted molar refractivity (Wildman–Crippen MR) is 129 cm³/mol. The molecule has 0 aromatic heterocycles. The van der Waals surface area contributed by atoms with E-state index in [1.165, 1.54) is 12.7 Å². The molecule has 0 saturated carbocycles. The second kappa shape index (κ2) is 10.9. The van der Waals surface area contributed by atoms with Gasteiger partial charge < -0.3 is 14.2 Å². The Morgan fingerprint density at radius 2 is 1.82 bits per heavy atom. The van der Waals surface area contributed by atoms with Gasteiger partial charge in [0.05, 0.1) is 45.2 Å². The summed E-state index contributed by atoms with van der Waals surface area (Å²) in [6.07, 6.45) is 3.13. The first-order valence-electron chi connectivity index (χ1n) is 11.3. The smallest absolute Gasteiger partial charge is 0.311 e. The number of esters is 1. The van der Waals surface area contributed by atoms with Crippen molar-refractivity contribution in [2.24, 2.45) is 5.41 Å². The van der Waals surface area contributed by atoms with Crippen LogP contribution in [0.3, 0.4) is 0 Å². The largest absolute Gasteiger partial charge is 0.497 e.